The molecule has 2 aromatic rings. The Bertz CT molecular complexity index is 607. The van der Waals surface area contributed by atoms with Gasteiger partial charge in [0.1, 0.15) is 5.82 Å². The molecule has 0 atom stereocenters. The summed E-state index contributed by atoms with van der Waals surface area (Å²) in [5.74, 6) is 0.926. The Morgan fingerprint density at radius 1 is 1.39 bits per heavy atom. The van der Waals surface area contributed by atoms with E-state index in [0.29, 0.717) is 11.2 Å². The van der Waals surface area contributed by atoms with Gasteiger partial charge in [0.25, 0.3) is 0 Å². The zero-order valence-corrected chi connectivity index (χ0v) is 12.3. The highest BCUT2D eigenvalue weighted by Crippen LogP contribution is 2.19. The summed E-state index contributed by atoms with van der Waals surface area (Å²) in [4.78, 5) is 0. The minimum atomic E-state index is -0.0853. The summed E-state index contributed by atoms with van der Waals surface area (Å²) in [6.07, 6.45) is 0.713. The van der Waals surface area contributed by atoms with E-state index in [9.17, 15) is 0 Å². The maximum absolute atomic E-state index is 5.99. The molecule has 1 heterocycles. The van der Waals surface area contributed by atoms with E-state index in [0.717, 1.165) is 16.4 Å². The molecule has 96 valence electrons. The molecule has 0 fully saturated rings. The number of benzene rings is 1. The average Bonchev–Trinajstić information content (AvgIpc) is 2.59. The van der Waals surface area contributed by atoms with Gasteiger partial charge in [0.15, 0.2) is 4.77 Å². The number of hydrogen-bond donors (Lipinski definition) is 1. The second kappa shape index (κ2) is 4.86. The molecular weight excluding hydrogens is 266 g/mol. The van der Waals surface area contributed by atoms with Crippen LogP contribution in [0.25, 0.3) is 0 Å². The van der Waals surface area contributed by atoms with Crippen molar-refractivity contribution >= 4 is 23.8 Å². The van der Waals surface area contributed by atoms with Crippen molar-refractivity contribution in [3.63, 3.8) is 0 Å². The molecule has 0 aliphatic rings. The summed E-state index contributed by atoms with van der Waals surface area (Å²) in [5.41, 5.74) is 1.04. The van der Waals surface area contributed by atoms with Crippen LogP contribution in [-0.4, -0.2) is 14.8 Å². The number of halogens is 1. The molecular formula is C13H16ClN3S. The van der Waals surface area contributed by atoms with E-state index < -0.39 is 0 Å². The highest BCUT2D eigenvalue weighted by Gasteiger charge is 2.19. The van der Waals surface area contributed by atoms with E-state index in [1.807, 2.05) is 28.8 Å². The Morgan fingerprint density at radius 3 is 2.72 bits per heavy atom. The van der Waals surface area contributed by atoms with Gasteiger partial charge in [-0.05, 0) is 50.7 Å². The highest BCUT2D eigenvalue weighted by atomic mass is 35.5. The number of nitrogens with one attached hydrogen (secondary N) is 1. The molecule has 0 saturated heterocycles. The van der Waals surface area contributed by atoms with Crippen molar-refractivity contribution in [1.29, 1.82) is 0 Å². The first-order valence-corrected chi connectivity index (χ1v) is 6.58. The summed E-state index contributed by atoms with van der Waals surface area (Å²) >= 11 is 11.3. The van der Waals surface area contributed by atoms with Crippen LogP contribution in [0.5, 0.6) is 0 Å². The minimum absolute atomic E-state index is 0.0853. The smallest absolute Gasteiger partial charge is 0.195 e. The van der Waals surface area contributed by atoms with Crippen LogP contribution in [-0.2, 0) is 12.0 Å². The molecule has 1 aromatic heterocycles. The third-order valence-electron chi connectivity index (χ3n) is 2.66. The van der Waals surface area contributed by atoms with Gasteiger partial charge in [0.2, 0.25) is 0 Å². The molecule has 3 nitrogen and oxygen atoms in total. The lowest BCUT2D eigenvalue weighted by molar-refractivity contribution is 0.380. The molecule has 0 aliphatic heterocycles. The van der Waals surface area contributed by atoms with Gasteiger partial charge in [-0.1, -0.05) is 23.7 Å². The van der Waals surface area contributed by atoms with Gasteiger partial charge in [0.05, 0.1) is 0 Å². The van der Waals surface area contributed by atoms with Crippen molar-refractivity contribution < 1.29 is 0 Å². The van der Waals surface area contributed by atoms with Gasteiger partial charge in [0, 0.05) is 17.0 Å². The zero-order valence-electron chi connectivity index (χ0n) is 10.7. The standard InChI is InChI=1S/C13H16ClN3S/c1-13(2,3)17-11(15-16-12(17)18)8-9-5-4-6-10(14)7-9/h4-7H,8H2,1-3H3,(H,16,18). The largest absolute Gasteiger partial charge is 0.298 e. The van der Waals surface area contributed by atoms with Crippen LogP contribution in [0, 0.1) is 4.77 Å². The zero-order chi connectivity index (χ0) is 13.3. The lowest BCUT2D eigenvalue weighted by Crippen LogP contribution is -2.24. The van der Waals surface area contributed by atoms with Gasteiger partial charge < -0.3 is 0 Å². The quantitative estimate of drug-likeness (QED) is 0.846. The average molecular weight is 282 g/mol. The number of nitrogens with zero attached hydrogens (tertiary/aromatic N) is 2. The predicted molar refractivity (Wildman–Crippen MR) is 76.7 cm³/mol. The Balaban J connectivity index is 2.39. The van der Waals surface area contributed by atoms with Crippen molar-refractivity contribution in [3.8, 4) is 0 Å². The molecule has 0 aliphatic carbocycles. The van der Waals surface area contributed by atoms with E-state index >= 15 is 0 Å². The second-order valence-corrected chi connectivity index (χ2v) is 6.08. The minimum Gasteiger partial charge on any atom is -0.298 e. The maximum atomic E-state index is 5.99. The van der Waals surface area contributed by atoms with Gasteiger partial charge >= 0.3 is 0 Å². The van der Waals surface area contributed by atoms with Gasteiger partial charge in [-0.3, -0.25) is 9.67 Å². The van der Waals surface area contributed by atoms with Crippen LogP contribution in [0.4, 0.5) is 0 Å². The van der Waals surface area contributed by atoms with Crippen molar-refractivity contribution in [2.45, 2.75) is 32.7 Å². The Morgan fingerprint density at radius 2 is 2.11 bits per heavy atom. The number of H-pyrrole nitrogens is 1. The van der Waals surface area contributed by atoms with E-state index in [4.69, 9.17) is 23.8 Å². The summed E-state index contributed by atoms with van der Waals surface area (Å²) < 4.78 is 2.70. The van der Waals surface area contributed by atoms with E-state index in [1.165, 1.54) is 0 Å². The van der Waals surface area contributed by atoms with Crippen molar-refractivity contribution in [3.05, 3.63) is 45.4 Å². The van der Waals surface area contributed by atoms with Crippen molar-refractivity contribution in [1.82, 2.24) is 14.8 Å². The third-order valence-corrected chi connectivity index (χ3v) is 3.17. The lowest BCUT2D eigenvalue weighted by Gasteiger charge is -2.22. The number of aromatic amines is 1. The van der Waals surface area contributed by atoms with Gasteiger partial charge in [-0.2, -0.15) is 5.10 Å². The summed E-state index contributed by atoms with van der Waals surface area (Å²) in [6, 6.07) is 7.80. The fourth-order valence-corrected chi connectivity index (χ4v) is 2.61. The Labute approximate surface area is 117 Å². The molecule has 0 radical (unpaired) electrons. The second-order valence-electron chi connectivity index (χ2n) is 5.26. The van der Waals surface area contributed by atoms with Crippen LogP contribution in [0.2, 0.25) is 5.02 Å². The van der Waals surface area contributed by atoms with Crippen molar-refractivity contribution in [2.24, 2.45) is 0 Å². The first kappa shape index (κ1) is 13.3. The van der Waals surface area contributed by atoms with Crippen LogP contribution in [0.15, 0.2) is 24.3 Å². The predicted octanol–water partition coefficient (Wildman–Crippen LogP) is 3.94. The molecule has 1 aromatic carbocycles. The Kier molecular flexibility index (Phi) is 3.59. The fourth-order valence-electron chi connectivity index (χ4n) is 1.97. The molecule has 0 spiro atoms. The van der Waals surface area contributed by atoms with Crippen LogP contribution in [0.3, 0.4) is 0 Å². The highest BCUT2D eigenvalue weighted by molar-refractivity contribution is 7.71. The van der Waals surface area contributed by atoms with E-state index in [2.05, 4.69) is 31.0 Å². The summed E-state index contributed by atoms with van der Waals surface area (Å²) in [7, 11) is 0. The number of hydrogen-bond acceptors (Lipinski definition) is 2. The first-order chi connectivity index (χ1) is 8.38. The molecule has 0 unspecified atom stereocenters. The van der Waals surface area contributed by atoms with Gasteiger partial charge in [-0.25, -0.2) is 0 Å². The summed E-state index contributed by atoms with van der Waals surface area (Å²) in [6.45, 7) is 6.33. The molecule has 1 N–H and O–H groups in total. The monoisotopic (exact) mass is 281 g/mol. The normalized spacial score (nSPS) is 11.8. The molecule has 0 saturated carbocycles. The van der Waals surface area contributed by atoms with Crippen LogP contribution < -0.4 is 0 Å². The fraction of sp³-hybridized carbons (Fsp3) is 0.385. The van der Waals surface area contributed by atoms with Crippen LogP contribution in [0.1, 0.15) is 32.2 Å². The molecule has 18 heavy (non-hydrogen) atoms. The topological polar surface area (TPSA) is 33.6 Å². The lowest BCUT2D eigenvalue weighted by atomic mass is 10.1. The Hall–Kier alpha value is -1.13. The van der Waals surface area contributed by atoms with Gasteiger partial charge in [-0.15, -0.1) is 0 Å². The molecule has 0 bridgehead atoms. The van der Waals surface area contributed by atoms with Crippen molar-refractivity contribution in [2.75, 3.05) is 0 Å². The van der Waals surface area contributed by atoms with Crippen LogP contribution >= 0.6 is 23.8 Å². The van der Waals surface area contributed by atoms with E-state index in [1.54, 1.807) is 0 Å². The third kappa shape index (κ3) is 2.82. The molecule has 5 heteroatoms. The van der Waals surface area contributed by atoms with E-state index in [-0.39, 0.29) is 5.54 Å². The molecule has 0 amide bonds. The SMILES string of the molecule is CC(C)(C)n1c(Cc2cccc(Cl)c2)n[nH]c1=S. The summed E-state index contributed by atoms with van der Waals surface area (Å²) in [5, 5.41) is 7.91. The number of aromatic nitrogens is 3. The molecule has 2 rings (SSSR count). The number of rotatable bonds is 2. The maximum Gasteiger partial charge on any atom is 0.195 e. The first-order valence-electron chi connectivity index (χ1n) is 5.79.